The summed E-state index contributed by atoms with van der Waals surface area (Å²) in [4.78, 5) is 19.8. The van der Waals surface area contributed by atoms with Gasteiger partial charge in [0.25, 0.3) is 0 Å². The number of aromatic carboxylic acids is 1. The first kappa shape index (κ1) is 13.3. The number of hydrogen-bond donors (Lipinski definition) is 1. The zero-order valence-corrected chi connectivity index (χ0v) is 11.4. The Balaban J connectivity index is 2.08. The lowest BCUT2D eigenvalue weighted by atomic mass is 10.3. The average Bonchev–Trinajstić information content (AvgIpc) is 3.09. The lowest BCUT2D eigenvalue weighted by Gasteiger charge is -1.99. The monoisotopic (exact) mass is 286 g/mol. The van der Waals surface area contributed by atoms with Crippen molar-refractivity contribution in [2.75, 3.05) is 13.7 Å². The highest BCUT2D eigenvalue weighted by Crippen LogP contribution is 2.21. The van der Waals surface area contributed by atoms with Crippen molar-refractivity contribution >= 4 is 11.5 Å². The van der Waals surface area contributed by atoms with Gasteiger partial charge in [0.1, 0.15) is 5.69 Å². The van der Waals surface area contributed by atoms with E-state index in [1.54, 1.807) is 36.2 Å². The third-order valence-corrected chi connectivity index (χ3v) is 3.17. The first-order valence-corrected chi connectivity index (χ1v) is 6.42. The smallest absolute Gasteiger partial charge is 0.356 e. The van der Waals surface area contributed by atoms with E-state index in [2.05, 4.69) is 9.97 Å². The molecular weight excluding hydrogens is 272 g/mol. The van der Waals surface area contributed by atoms with Crippen LogP contribution in [0.2, 0.25) is 0 Å². The number of hydrogen-bond acceptors (Lipinski definition) is 4. The van der Waals surface area contributed by atoms with Crippen molar-refractivity contribution in [2.45, 2.75) is 6.54 Å². The van der Waals surface area contributed by atoms with Crippen molar-refractivity contribution in [1.29, 1.82) is 0 Å². The molecule has 7 nitrogen and oxygen atoms in total. The van der Waals surface area contributed by atoms with Crippen molar-refractivity contribution in [1.82, 2.24) is 18.9 Å². The summed E-state index contributed by atoms with van der Waals surface area (Å²) in [6, 6.07) is 5.33. The molecule has 0 spiro atoms. The van der Waals surface area contributed by atoms with Gasteiger partial charge in [0, 0.05) is 26.0 Å². The van der Waals surface area contributed by atoms with Gasteiger partial charge in [-0.05, 0) is 12.1 Å². The van der Waals surface area contributed by atoms with Gasteiger partial charge >= 0.3 is 5.97 Å². The molecule has 3 heterocycles. The van der Waals surface area contributed by atoms with Crippen LogP contribution in [0.3, 0.4) is 0 Å². The predicted octanol–water partition coefficient (Wildman–Crippen LogP) is 1.54. The van der Waals surface area contributed by atoms with Gasteiger partial charge in [0.15, 0.2) is 11.5 Å². The number of pyridine rings is 1. The van der Waals surface area contributed by atoms with Crippen LogP contribution >= 0.6 is 0 Å². The number of carboxylic acids is 1. The van der Waals surface area contributed by atoms with Crippen LogP contribution in [-0.4, -0.2) is 43.7 Å². The van der Waals surface area contributed by atoms with Crippen LogP contribution in [0.1, 0.15) is 10.5 Å². The Labute approximate surface area is 120 Å². The molecule has 0 radical (unpaired) electrons. The van der Waals surface area contributed by atoms with Gasteiger partial charge in [0.05, 0.1) is 18.5 Å². The summed E-state index contributed by atoms with van der Waals surface area (Å²) in [5.74, 6) is -0.539. The van der Waals surface area contributed by atoms with Gasteiger partial charge in [-0.3, -0.25) is 4.40 Å². The predicted molar refractivity (Wildman–Crippen MR) is 75.2 cm³/mol. The van der Waals surface area contributed by atoms with Gasteiger partial charge < -0.3 is 14.4 Å². The Morgan fingerprint density at radius 2 is 2.29 bits per heavy atom. The molecular formula is C14H14N4O3. The van der Waals surface area contributed by atoms with Gasteiger partial charge in [-0.2, -0.15) is 0 Å². The van der Waals surface area contributed by atoms with E-state index in [0.717, 1.165) is 0 Å². The third-order valence-electron chi connectivity index (χ3n) is 3.17. The Hall–Kier alpha value is -2.67. The number of carbonyl (C=O) groups is 1. The zero-order valence-electron chi connectivity index (χ0n) is 11.4. The molecule has 0 saturated carbocycles. The van der Waals surface area contributed by atoms with E-state index in [-0.39, 0.29) is 5.69 Å². The van der Waals surface area contributed by atoms with Gasteiger partial charge in [-0.1, -0.05) is 6.07 Å². The molecule has 0 amide bonds. The van der Waals surface area contributed by atoms with E-state index in [4.69, 9.17) is 4.74 Å². The Bertz CT molecular complexity index is 790. The highest BCUT2D eigenvalue weighted by molar-refractivity contribution is 5.94. The lowest BCUT2D eigenvalue weighted by Crippen LogP contribution is -2.01. The molecule has 0 aromatic carbocycles. The molecule has 21 heavy (non-hydrogen) atoms. The van der Waals surface area contributed by atoms with Gasteiger partial charge in [-0.25, -0.2) is 14.8 Å². The molecule has 0 fully saturated rings. The van der Waals surface area contributed by atoms with E-state index in [1.807, 2.05) is 16.8 Å². The molecule has 1 N–H and O–H groups in total. The van der Waals surface area contributed by atoms with Crippen molar-refractivity contribution in [3.05, 3.63) is 42.6 Å². The minimum Gasteiger partial charge on any atom is -0.476 e. The molecule has 0 unspecified atom stereocenters. The summed E-state index contributed by atoms with van der Waals surface area (Å²) in [6.07, 6.45) is 5.28. The molecule has 108 valence electrons. The summed E-state index contributed by atoms with van der Waals surface area (Å²) in [7, 11) is 1.64. The fraction of sp³-hybridized carbons (Fsp3) is 0.214. The minimum absolute atomic E-state index is 0.0250. The maximum absolute atomic E-state index is 11.3. The van der Waals surface area contributed by atoms with Crippen molar-refractivity contribution < 1.29 is 14.6 Å². The molecule has 0 saturated heterocycles. The number of aromatic nitrogens is 4. The SMILES string of the molecule is COCCn1cnc(-c2nc(C(=O)O)c3ccccn23)c1. The Kier molecular flexibility index (Phi) is 3.41. The molecule has 0 aliphatic heterocycles. The van der Waals surface area contributed by atoms with E-state index in [1.165, 1.54) is 0 Å². The van der Waals surface area contributed by atoms with Gasteiger partial charge in [0.2, 0.25) is 0 Å². The van der Waals surface area contributed by atoms with Crippen molar-refractivity contribution in [3.63, 3.8) is 0 Å². The fourth-order valence-corrected chi connectivity index (χ4v) is 2.17. The molecule has 7 heteroatoms. The Morgan fingerprint density at radius 1 is 1.43 bits per heavy atom. The van der Waals surface area contributed by atoms with Crippen LogP contribution in [0, 0.1) is 0 Å². The third kappa shape index (κ3) is 2.38. The number of fused-ring (bicyclic) bond motifs is 1. The molecule has 0 aliphatic rings. The number of nitrogens with zero attached hydrogens (tertiary/aromatic N) is 4. The number of methoxy groups -OCH3 is 1. The number of carboxylic acid groups (broad SMARTS) is 1. The topological polar surface area (TPSA) is 81.6 Å². The molecule has 3 aromatic rings. The molecule has 3 aromatic heterocycles. The van der Waals surface area contributed by atoms with Crippen molar-refractivity contribution in [2.24, 2.45) is 0 Å². The first-order chi connectivity index (χ1) is 10.2. The van der Waals surface area contributed by atoms with E-state index < -0.39 is 5.97 Å². The van der Waals surface area contributed by atoms with Crippen LogP contribution in [0.25, 0.3) is 17.0 Å². The summed E-state index contributed by atoms with van der Waals surface area (Å²) in [6.45, 7) is 1.26. The number of imidazole rings is 2. The largest absolute Gasteiger partial charge is 0.476 e. The van der Waals surface area contributed by atoms with Crippen LogP contribution in [-0.2, 0) is 11.3 Å². The van der Waals surface area contributed by atoms with Crippen LogP contribution in [0.5, 0.6) is 0 Å². The quantitative estimate of drug-likeness (QED) is 0.769. The highest BCUT2D eigenvalue weighted by Gasteiger charge is 2.18. The fourth-order valence-electron chi connectivity index (χ4n) is 2.17. The maximum Gasteiger partial charge on any atom is 0.356 e. The van der Waals surface area contributed by atoms with Crippen LogP contribution in [0.4, 0.5) is 0 Å². The normalized spacial score (nSPS) is 11.1. The maximum atomic E-state index is 11.3. The van der Waals surface area contributed by atoms with E-state index in [9.17, 15) is 9.90 Å². The van der Waals surface area contributed by atoms with Gasteiger partial charge in [-0.15, -0.1) is 0 Å². The summed E-state index contributed by atoms with van der Waals surface area (Å²) in [5, 5.41) is 9.25. The van der Waals surface area contributed by atoms with Crippen molar-refractivity contribution in [3.8, 4) is 11.5 Å². The second-order valence-electron chi connectivity index (χ2n) is 4.53. The second kappa shape index (κ2) is 5.37. The molecule has 0 atom stereocenters. The Morgan fingerprint density at radius 3 is 3.05 bits per heavy atom. The summed E-state index contributed by atoms with van der Waals surface area (Å²) in [5.41, 5.74) is 1.20. The summed E-state index contributed by atoms with van der Waals surface area (Å²) < 4.78 is 8.63. The minimum atomic E-state index is -1.05. The van der Waals surface area contributed by atoms with Crippen LogP contribution in [0.15, 0.2) is 36.9 Å². The number of rotatable bonds is 5. The molecule has 0 bridgehead atoms. The number of ether oxygens (including phenoxy) is 1. The zero-order chi connectivity index (χ0) is 14.8. The highest BCUT2D eigenvalue weighted by atomic mass is 16.5. The lowest BCUT2D eigenvalue weighted by molar-refractivity contribution is 0.0693. The molecule has 0 aliphatic carbocycles. The van der Waals surface area contributed by atoms with E-state index in [0.29, 0.717) is 30.2 Å². The standard InChI is InChI=1S/C14H14N4O3/c1-21-7-6-17-8-10(15-9-17)13-16-12(14(19)20)11-4-2-3-5-18(11)13/h2-5,8-9H,6-7H2,1H3,(H,19,20). The van der Waals surface area contributed by atoms with Crippen LogP contribution < -0.4 is 0 Å². The second-order valence-corrected chi connectivity index (χ2v) is 4.53. The summed E-state index contributed by atoms with van der Waals surface area (Å²) >= 11 is 0. The average molecular weight is 286 g/mol. The molecule has 3 rings (SSSR count). The first-order valence-electron chi connectivity index (χ1n) is 6.42. The van der Waals surface area contributed by atoms with E-state index >= 15 is 0 Å².